The van der Waals surface area contributed by atoms with Crippen molar-refractivity contribution in [3.63, 3.8) is 0 Å². The van der Waals surface area contributed by atoms with Crippen molar-refractivity contribution < 1.29 is 13.6 Å². The van der Waals surface area contributed by atoms with Crippen LogP contribution in [-0.2, 0) is 11.3 Å². The first-order valence-corrected chi connectivity index (χ1v) is 11.9. The molecule has 172 valence electrons. The standard InChI is InChI=1S/C26H28F2N4O/c1-15-23-20(24(27)28)10-21(19-5-3-2-4-6-19)29-25(23)32(31-15)14-22(33)30-26-11-16-7-17(12-26)9-18(8-16)13-26/h2-6,10,16-18,24H,7-9,11-14H2,1H3,(H,30,33). The number of fused-ring (bicyclic) bond motifs is 1. The molecule has 2 heterocycles. The van der Waals surface area contributed by atoms with Gasteiger partial charge < -0.3 is 5.32 Å². The Kier molecular flexibility index (Phi) is 4.78. The minimum absolute atomic E-state index is 0.0139. The quantitative estimate of drug-likeness (QED) is 0.564. The molecule has 7 rings (SSSR count). The van der Waals surface area contributed by atoms with Crippen LogP contribution in [0.2, 0.25) is 0 Å². The van der Waals surface area contributed by atoms with Crippen LogP contribution in [0, 0.1) is 24.7 Å². The molecule has 0 radical (unpaired) electrons. The third-order valence-electron chi connectivity index (χ3n) is 7.95. The highest BCUT2D eigenvalue weighted by Gasteiger charge is 2.51. The van der Waals surface area contributed by atoms with E-state index in [9.17, 15) is 13.6 Å². The molecule has 4 saturated carbocycles. The van der Waals surface area contributed by atoms with Crippen LogP contribution in [0.15, 0.2) is 36.4 Å². The van der Waals surface area contributed by atoms with E-state index in [0.717, 1.165) is 42.6 Å². The fourth-order valence-electron chi connectivity index (χ4n) is 7.16. The molecule has 4 aliphatic carbocycles. The largest absolute Gasteiger partial charge is 0.349 e. The van der Waals surface area contributed by atoms with Crippen molar-refractivity contribution in [2.45, 2.75) is 64.0 Å². The second-order valence-electron chi connectivity index (χ2n) is 10.5. The number of halogens is 2. The Bertz CT molecular complexity index is 1180. The van der Waals surface area contributed by atoms with E-state index in [1.54, 1.807) is 6.92 Å². The number of hydrogen-bond acceptors (Lipinski definition) is 3. The van der Waals surface area contributed by atoms with Crippen LogP contribution < -0.4 is 5.32 Å². The van der Waals surface area contributed by atoms with Crippen LogP contribution in [0.1, 0.15) is 56.2 Å². The molecule has 7 heteroatoms. The SMILES string of the molecule is Cc1nn(CC(=O)NC23CC4CC(CC(C4)C2)C3)c2nc(-c3ccccc3)cc(C(F)F)c12. The van der Waals surface area contributed by atoms with E-state index in [2.05, 4.69) is 15.4 Å². The van der Waals surface area contributed by atoms with Gasteiger partial charge in [-0.15, -0.1) is 0 Å². The van der Waals surface area contributed by atoms with Gasteiger partial charge in [-0.05, 0) is 69.3 Å². The van der Waals surface area contributed by atoms with E-state index in [4.69, 9.17) is 0 Å². The summed E-state index contributed by atoms with van der Waals surface area (Å²) in [6, 6.07) is 10.7. The Labute approximate surface area is 191 Å². The molecule has 1 N–H and O–H groups in total. The van der Waals surface area contributed by atoms with Gasteiger partial charge in [0.1, 0.15) is 6.54 Å². The number of aromatic nitrogens is 3. The smallest absolute Gasteiger partial charge is 0.264 e. The fourth-order valence-corrected chi connectivity index (χ4v) is 7.16. The lowest BCUT2D eigenvalue weighted by molar-refractivity contribution is -0.127. The normalized spacial score (nSPS) is 28.1. The summed E-state index contributed by atoms with van der Waals surface area (Å²) in [5, 5.41) is 8.16. The van der Waals surface area contributed by atoms with E-state index >= 15 is 0 Å². The molecule has 4 fully saturated rings. The maximum atomic E-state index is 14.0. The first kappa shape index (κ1) is 20.8. The molecular weight excluding hydrogens is 422 g/mol. The summed E-state index contributed by atoms with van der Waals surface area (Å²) in [7, 11) is 0. The number of carbonyl (C=O) groups excluding carboxylic acids is 1. The number of benzene rings is 1. The van der Waals surface area contributed by atoms with Gasteiger partial charge in [-0.1, -0.05) is 30.3 Å². The van der Waals surface area contributed by atoms with E-state index in [-0.39, 0.29) is 23.6 Å². The number of pyridine rings is 1. The maximum Gasteiger partial charge on any atom is 0.264 e. The Morgan fingerprint density at radius 2 is 1.76 bits per heavy atom. The summed E-state index contributed by atoms with van der Waals surface area (Å²) < 4.78 is 29.5. The zero-order valence-electron chi connectivity index (χ0n) is 18.7. The van der Waals surface area contributed by atoms with Gasteiger partial charge in [0.25, 0.3) is 6.43 Å². The molecule has 4 aliphatic rings. The third-order valence-corrected chi connectivity index (χ3v) is 7.95. The monoisotopic (exact) mass is 450 g/mol. The average Bonchev–Trinajstić information content (AvgIpc) is 3.07. The van der Waals surface area contributed by atoms with Crippen molar-refractivity contribution in [2.24, 2.45) is 17.8 Å². The number of nitrogens with one attached hydrogen (secondary N) is 1. The second kappa shape index (κ2) is 7.61. The van der Waals surface area contributed by atoms with Crippen molar-refractivity contribution in [3.05, 3.63) is 47.7 Å². The zero-order chi connectivity index (χ0) is 22.7. The summed E-state index contributed by atoms with van der Waals surface area (Å²) in [5.74, 6) is 2.08. The topological polar surface area (TPSA) is 59.8 Å². The summed E-state index contributed by atoms with van der Waals surface area (Å²) in [6.45, 7) is 1.69. The van der Waals surface area contributed by atoms with Crippen LogP contribution in [0.3, 0.4) is 0 Å². The number of rotatable bonds is 5. The van der Waals surface area contributed by atoms with Gasteiger partial charge in [0, 0.05) is 16.7 Å². The summed E-state index contributed by atoms with van der Waals surface area (Å²) in [4.78, 5) is 17.9. The van der Waals surface area contributed by atoms with Crippen molar-refractivity contribution in [2.75, 3.05) is 0 Å². The number of amides is 1. The molecule has 0 aliphatic heterocycles. The molecule has 0 unspecified atom stereocenters. The Balaban J connectivity index is 1.33. The van der Waals surface area contributed by atoms with Crippen molar-refractivity contribution in [1.82, 2.24) is 20.1 Å². The molecular formula is C26H28F2N4O. The van der Waals surface area contributed by atoms with Crippen LogP contribution in [0.4, 0.5) is 8.78 Å². The Hall–Kier alpha value is -2.83. The minimum Gasteiger partial charge on any atom is -0.349 e. The number of aryl methyl sites for hydroxylation is 1. The van der Waals surface area contributed by atoms with Crippen molar-refractivity contribution >= 4 is 16.9 Å². The van der Waals surface area contributed by atoms with Gasteiger partial charge in [0.05, 0.1) is 16.8 Å². The average molecular weight is 451 g/mol. The molecule has 5 nitrogen and oxygen atoms in total. The predicted octanol–water partition coefficient (Wildman–Crippen LogP) is 5.43. The molecule has 2 aromatic heterocycles. The molecule has 1 amide bonds. The molecule has 3 aromatic rings. The molecule has 0 atom stereocenters. The summed E-state index contributed by atoms with van der Waals surface area (Å²) in [6.07, 6.45) is 4.46. The number of carbonyl (C=O) groups is 1. The second-order valence-corrected chi connectivity index (χ2v) is 10.5. The van der Waals surface area contributed by atoms with E-state index in [0.29, 0.717) is 22.4 Å². The number of nitrogens with zero attached hydrogens (tertiary/aromatic N) is 3. The van der Waals surface area contributed by atoms with E-state index in [1.807, 2.05) is 30.3 Å². The van der Waals surface area contributed by atoms with Crippen LogP contribution in [0.25, 0.3) is 22.3 Å². The molecule has 1 aromatic carbocycles. The Morgan fingerprint density at radius 1 is 1.12 bits per heavy atom. The first-order valence-electron chi connectivity index (χ1n) is 11.9. The summed E-state index contributed by atoms with van der Waals surface area (Å²) >= 11 is 0. The third kappa shape index (κ3) is 3.62. The minimum atomic E-state index is -2.66. The molecule has 0 saturated heterocycles. The first-order chi connectivity index (χ1) is 15.9. The highest BCUT2D eigenvalue weighted by Crippen LogP contribution is 2.55. The Morgan fingerprint density at radius 3 is 2.36 bits per heavy atom. The van der Waals surface area contributed by atoms with Gasteiger partial charge >= 0.3 is 0 Å². The van der Waals surface area contributed by atoms with Gasteiger partial charge in [-0.3, -0.25) is 4.79 Å². The maximum absolute atomic E-state index is 14.0. The highest BCUT2D eigenvalue weighted by molar-refractivity contribution is 5.87. The predicted molar refractivity (Wildman–Crippen MR) is 122 cm³/mol. The fraction of sp³-hybridized carbons (Fsp3) is 0.500. The van der Waals surface area contributed by atoms with Crippen LogP contribution >= 0.6 is 0 Å². The lowest BCUT2D eigenvalue weighted by Gasteiger charge is -2.56. The zero-order valence-corrected chi connectivity index (χ0v) is 18.7. The lowest BCUT2D eigenvalue weighted by atomic mass is 9.53. The van der Waals surface area contributed by atoms with Gasteiger partial charge in [-0.25, -0.2) is 18.4 Å². The molecule has 0 spiro atoms. The van der Waals surface area contributed by atoms with E-state index < -0.39 is 6.43 Å². The molecule has 4 bridgehead atoms. The lowest BCUT2D eigenvalue weighted by Crippen LogP contribution is -2.60. The summed E-state index contributed by atoms with van der Waals surface area (Å²) in [5.41, 5.74) is 1.83. The van der Waals surface area contributed by atoms with Crippen LogP contribution in [0.5, 0.6) is 0 Å². The van der Waals surface area contributed by atoms with Gasteiger partial charge in [-0.2, -0.15) is 5.10 Å². The van der Waals surface area contributed by atoms with E-state index in [1.165, 1.54) is 30.0 Å². The number of alkyl halides is 2. The van der Waals surface area contributed by atoms with Gasteiger partial charge in [0.15, 0.2) is 5.65 Å². The van der Waals surface area contributed by atoms with Crippen LogP contribution in [-0.4, -0.2) is 26.2 Å². The van der Waals surface area contributed by atoms with Crippen molar-refractivity contribution in [1.29, 1.82) is 0 Å². The highest BCUT2D eigenvalue weighted by atomic mass is 19.3. The van der Waals surface area contributed by atoms with Crippen molar-refractivity contribution in [3.8, 4) is 11.3 Å². The van der Waals surface area contributed by atoms with Gasteiger partial charge in [0.2, 0.25) is 5.91 Å². The number of hydrogen-bond donors (Lipinski definition) is 1. The molecule has 33 heavy (non-hydrogen) atoms.